The van der Waals surface area contributed by atoms with Gasteiger partial charge in [0, 0.05) is 24.0 Å². The third-order valence-corrected chi connectivity index (χ3v) is 6.59. The zero-order valence-corrected chi connectivity index (χ0v) is 20.8. The van der Waals surface area contributed by atoms with Crippen LogP contribution >= 0.6 is 0 Å². The Morgan fingerprint density at radius 3 is 1.97 bits per heavy atom. The van der Waals surface area contributed by atoms with Gasteiger partial charge >= 0.3 is 6.18 Å². The number of alkyl halides is 3. The highest BCUT2D eigenvalue weighted by atomic mass is 19.4. The molecule has 6 rings (SSSR count). The van der Waals surface area contributed by atoms with Gasteiger partial charge in [-0.1, -0.05) is 53.7 Å². The topological polar surface area (TPSA) is 38.9 Å². The number of halogens is 3. The highest BCUT2D eigenvalue weighted by Crippen LogP contribution is 2.41. The van der Waals surface area contributed by atoms with Gasteiger partial charge in [-0.15, -0.1) is 5.10 Å². The fourth-order valence-corrected chi connectivity index (χ4v) is 4.90. The number of benzene rings is 4. The van der Waals surface area contributed by atoms with Crippen LogP contribution in [0, 0.1) is 0 Å². The molecule has 0 aliphatic carbocycles. The Kier molecular flexibility index (Phi) is 5.76. The lowest BCUT2D eigenvalue weighted by molar-refractivity contribution is -0.137. The first-order chi connectivity index (χ1) is 18.3. The predicted molar refractivity (Wildman–Crippen MR) is 144 cm³/mol. The van der Waals surface area contributed by atoms with Crippen LogP contribution in [0.2, 0.25) is 0 Å². The first kappa shape index (κ1) is 23.9. The van der Waals surface area contributed by atoms with Gasteiger partial charge in [-0.05, 0) is 72.0 Å². The SMILES string of the molecule is CN(C)Cc1cn(-c2ccc(-n3cc(C(F)(F)F)cc3-c3c4ccccc4cc4ccccc34)cc2)nn1. The summed E-state index contributed by atoms with van der Waals surface area (Å²) in [5, 5.41) is 12.1. The molecule has 0 saturated heterocycles. The first-order valence-electron chi connectivity index (χ1n) is 12.2. The minimum absolute atomic E-state index is 0.479. The van der Waals surface area contributed by atoms with Gasteiger partial charge in [0.1, 0.15) is 0 Å². The van der Waals surface area contributed by atoms with Crippen molar-refractivity contribution >= 4 is 21.5 Å². The van der Waals surface area contributed by atoms with E-state index in [4.69, 9.17) is 0 Å². The molecule has 0 amide bonds. The molecule has 38 heavy (non-hydrogen) atoms. The van der Waals surface area contributed by atoms with E-state index in [1.54, 1.807) is 21.4 Å². The van der Waals surface area contributed by atoms with Crippen molar-refractivity contribution in [2.45, 2.75) is 12.7 Å². The third kappa shape index (κ3) is 4.33. The highest BCUT2D eigenvalue weighted by Gasteiger charge is 2.33. The lowest BCUT2D eigenvalue weighted by Crippen LogP contribution is -2.10. The van der Waals surface area contributed by atoms with Crippen LogP contribution in [-0.2, 0) is 12.7 Å². The predicted octanol–water partition coefficient (Wildman–Crippen LogP) is 7.11. The van der Waals surface area contributed by atoms with Gasteiger partial charge in [0.15, 0.2) is 0 Å². The summed E-state index contributed by atoms with van der Waals surface area (Å²) < 4.78 is 45.2. The molecule has 0 aliphatic heterocycles. The molecule has 0 unspecified atom stereocenters. The molecule has 5 nitrogen and oxygen atoms in total. The lowest BCUT2D eigenvalue weighted by atomic mass is 9.94. The van der Waals surface area contributed by atoms with Crippen LogP contribution in [0.15, 0.2) is 97.3 Å². The largest absolute Gasteiger partial charge is 0.417 e. The van der Waals surface area contributed by atoms with Crippen LogP contribution in [0.1, 0.15) is 11.3 Å². The molecule has 0 radical (unpaired) electrons. The summed E-state index contributed by atoms with van der Waals surface area (Å²) in [7, 11) is 3.91. The number of hydrogen-bond donors (Lipinski definition) is 0. The average Bonchev–Trinajstić information content (AvgIpc) is 3.55. The molecular weight excluding hydrogens is 487 g/mol. The molecule has 0 spiro atoms. The Balaban J connectivity index is 1.52. The van der Waals surface area contributed by atoms with E-state index in [0.717, 1.165) is 38.5 Å². The van der Waals surface area contributed by atoms with Gasteiger partial charge in [-0.2, -0.15) is 13.2 Å². The maximum absolute atomic E-state index is 14.0. The van der Waals surface area contributed by atoms with Crippen LogP contribution in [-0.4, -0.2) is 38.6 Å². The molecule has 0 N–H and O–H groups in total. The van der Waals surface area contributed by atoms with E-state index in [2.05, 4.69) is 16.4 Å². The summed E-state index contributed by atoms with van der Waals surface area (Å²) in [4.78, 5) is 2.00. The standard InChI is InChI=1S/C30H24F3N5/c1-36(2)18-23-19-38(35-34-23)25-13-11-24(12-14-25)37-17-22(30(31,32)33)16-28(37)29-26-9-5-3-7-20(26)15-21-8-4-6-10-27(21)29/h3-17,19H,18H2,1-2H3. The fourth-order valence-electron chi connectivity index (χ4n) is 4.90. The monoisotopic (exact) mass is 511 g/mol. The number of hydrogen-bond acceptors (Lipinski definition) is 3. The second kappa shape index (κ2) is 9.15. The number of nitrogens with zero attached hydrogens (tertiary/aromatic N) is 5. The lowest BCUT2D eigenvalue weighted by Gasteiger charge is -2.15. The molecular formula is C30H24F3N5. The molecule has 0 bridgehead atoms. The molecule has 0 aliphatic rings. The molecule has 6 aromatic rings. The maximum Gasteiger partial charge on any atom is 0.417 e. The average molecular weight is 512 g/mol. The molecule has 4 aromatic carbocycles. The van der Waals surface area contributed by atoms with Crippen LogP contribution < -0.4 is 0 Å². The van der Waals surface area contributed by atoms with Gasteiger partial charge < -0.3 is 9.47 Å². The van der Waals surface area contributed by atoms with E-state index >= 15 is 0 Å². The van der Waals surface area contributed by atoms with Crippen LogP contribution in [0.3, 0.4) is 0 Å². The minimum atomic E-state index is -4.48. The Morgan fingerprint density at radius 2 is 1.37 bits per heavy atom. The smallest absolute Gasteiger partial charge is 0.316 e. The maximum atomic E-state index is 14.0. The van der Waals surface area contributed by atoms with E-state index in [0.29, 0.717) is 17.9 Å². The summed E-state index contributed by atoms with van der Waals surface area (Å²) in [6, 6.07) is 26.2. The van der Waals surface area contributed by atoms with Crippen molar-refractivity contribution in [3.63, 3.8) is 0 Å². The highest BCUT2D eigenvalue weighted by molar-refractivity contribution is 6.12. The van der Waals surface area contributed by atoms with Gasteiger partial charge in [-0.3, -0.25) is 0 Å². The zero-order chi connectivity index (χ0) is 26.4. The summed E-state index contributed by atoms with van der Waals surface area (Å²) >= 11 is 0. The minimum Gasteiger partial charge on any atom is -0.316 e. The van der Waals surface area contributed by atoms with Crippen LogP contribution in [0.5, 0.6) is 0 Å². The third-order valence-electron chi connectivity index (χ3n) is 6.59. The van der Waals surface area contributed by atoms with Crippen molar-refractivity contribution in [1.29, 1.82) is 0 Å². The number of fused-ring (bicyclic) bond motifs is 2. The zero-order valence-electron chi connectivity index (χ0n) is 20.8. The summed E-state index contributed by atoms with van der Waals surface area (Å²) in [5.74, 6) is 0. The van der Waals surface area contributed by atoms with E-state index in [1.165, 1.54) is 12.3 Å². The summed E-state index contributed by atoms with van der Waals surface area (Å²) in [5.41, 5.74) is 2.76. The Labute approximate surface area is 217 Å². The van der Waals surface area contributed by atoms with Crippen molar-refractivity contribution < 1.29 is 13.2 Å². The van der Waals surface area contributed by atoms with Crippen LogP contribution in [0.25, 0.3) is 44.2 Å². The number of aromatic nitrogens is 4. The van der Waals surface area contributed by atoms with E-state index in [9.17, 15) is 13.2 Å². The second-order valence-corrected chi connectivity index (χ2v) is 9.58. The summed E-state index contributed by atoms with van der Waals surface area (Å²) in [6.07, 6.45) is -1.46. The Bertz CT molecular complexity index is 1710. The Hall–Kier alpha value is -4.43. The van der Waals surface area contributed by atoms with E-state index in [-0.39, 0.29) is 0 Å². The van der Waals surface area contributed by atoms with Crippen molar-refractivity contribution in [3.8, 4) is 22.6 Å². The fraction of sp³-hybridized carbons (Fsp3) is 0.133. The van der Waals surface area contributed by atoms with Crippen LogP contribution in [0.4, 0.5) is 13.2 Å². The molecule has 2 aromatic heterocycles. The quantitative estimate of drug-likeness (QED) is 0.232. The van der Waals surface area contributed by atoms with Gasteiger partial charge in [0.2, 0.25) is 0 Å². The molecule has 2 heterocycles. The van der Waals surface area contributed by atoms with Gasteiger partial charge in [0.05, 0.1) is 28.8 Å². The molecule has 190 valence electrons. The van der Waals surface area contributed by atoms with E-state index < -0.39 is 11.7 Å². The van der Waals surface area contributed by atoms with E-state index in [1.807, 2.05) is 85.9 Å². The molecule has 0 fully saturated rings. The van der Waals surface area contributed by atoms with Crippen molar-refractivity contribution in [1.82, 2.24) is 24.5 Å². The van der Waals surface area contributed by atoms with Crippen molar-refractivity contribution in [2.24, 2.45) is 0 Å². The second-order valence-electron chi connectivity index (χ2n) is 9.58. The molecule has 0 saturated carbocycles. The van der Waals surface area contributed by atoms with Crippen molar-refractivity contribution in [2.75, 3.05) is 14.1 Å². The number of rotatable bonds is 5. The molecule has 0 atom stereocenters. The van der Waals surface area contributed by atoms with Gasteiger partial charge in [-0.25, -0.2) is 4.68 Å². The molecule has 8 heteroatoms. The van der Waals surface area contributed by atoms with Crippen molar-refractivity contribution in [3.05, 3.63) is 109 Å². The van der Waals surface area contributed by atoms with Gasteiger partial charge in [0.25, 0.3) is 0 Å². The first-order valence-corrected chi connectivity index (χ1v) is 12.2. The Morgan fingerprint density at radius 1 is 0.763 bits per heavy atom. The normalized spacial score (nSPS) is 12.2. The summed E-state index contributed by atoms with van der Waals surface area (Å²) in [6.45, 7) is 0.657.